The van der Waals surface area contributed by atoms with E-state index in [2.05, 4.69) is 19.9 Å². The molecule has 1 aromatic carbocycles. The van der Waals surface area contributed by atoms with Crippen molar-refractivity contribution >= 4 is 45.6 Å². The molecule has 0 radical (unpaired) electrons. The lowest BCUT2D eigenvalue weighted by atomic mass is 10.3. The van der Waals surface area contributed by atoms with E-state index in [-0.39, 0.29) is 5.38 Å². The Morgan fingerprint density at radius 1 is 1.35 bits per heavy atom. The number of aryl methyl sites for hydroxylation is 1. The lowest BCUT2D eigenvalue weighted by molar-refractivity contribution is 0.729. The molecule has 3 aromatic rings. The second-order valence-electron chi connectivity index (χ2n) is 4.66. The minimum atomic E-state index is -0.166. The molecule has 20 heavy (non-hydrogen) atoms. The summed E-state index contributed by atoms with van der Waals surface area (Å²) in [7, 11) is 0. The number of hydrogen-bond donors (Lipinski definition) is 0. The Morgan fingerprint density at radius 3 is 2.80 bits per heavy atom. The van der Waals surface area contributed by atoms with Crippen LogP contribution in [0.5, 0.6) is 0 Å². The number of halogens is 2. The maximum atomic E-state index is 6.26. The molecular formula is C14H13Cl2N3S. The molecule has 0 spiro atoms. The van der Waals surface area contributed by atoms with Gasteiger partial charge in [-0.2, -0.15) is 0 Å². The maximum absolute atomic E-state index is 6.26. The summed E-state index contributed by atoms with van der Waals surface area (Å²) in [4.78, 5) is 9.11. The summed E-state index contributed by atoms with van der Waals surface area (Å²) >= 11 is 13.9. The van der Waals surface area contributed by atoms with Crippen LogP contribution >= 0.6 is 34.5 Å². The summed E-state index contributed by atoms with van der Waals surface area (Å²) in [5.74, 6) is 0.842. The SMILES string of the molecule is Cc1nc(Cn2c(C(C)Cl)nc3cc(Cl)ccc32)cs1. The molecule has 0 aliphatic carbocycles. The van der Waals surface area contributed by atoms with Gasteiger partial charge in [-0.1, -0.05) is 11.6 Å². The largest absolute Gasteiger partial charge is 0.321 e. The molecule has 0 aliphatic rings. The van der Waals surface area contributed by atoms with Gasteiger partial charge in [-0.05, 0) is 32.0 Å². The lowest BCUT2D eigenvalue weighted by Gasteiger charge is -2.08. The van der Waals surface area contributed by atoms with Crippen molar-refractivity contribution in [3.05, 3.63) is 45.1 Å². The summed E-state index contributed by atoms with van der Waals surface area (Å²) in [6.45, 7) is 4.60. The standard InChI is InChI=1S/C14H13Cl2N3S/c1-8(15)14-18-12-5-10(16)3-4-13(12)19(14)6-11-7-20-9(2)17-11/h3-5,7-8H,6H2,1-2H3. The van der Waals surface area contributed by atoms with Gasteiger partial charge in [0.1, 0.15) is 5.82 Å². The van der Waals surface area contributed by atoms with E-state index in [4.69, 9.17) is 23.2 Å². The average molecular weight is 326 g/mol. The lowest BCUT2D eigenvalue weighted by Crippen LogP contribution is -2.06. The van der Waals surface area contributed by atoms with Crippen LogP contribution in [0.15, 0.2) is 23.6 Å². The zero-order chi connectivity index (χ0) is 14.3. The quantitative estimate of drug-likeness (QED) is 0.647. The predicted molar refractivity (Wildman–Crippen MR) is 85.0 cm³/mol. The Labute approximate surface area is 131 Å². The molecule has 1 unspecified atom stereocenters. The summed E-state index contributed by atoms with van der Waals surface area (Å²) in [6, 6.07) is 5.71. The van der Waals surface area contributed by atoms with Crippen molar-refractivity contribution in [1.82, 2.24) is 14.5 Å². The highest BCUT2D eigenvalue weighted by atomic mass is 35.5. The number of nitrogens with zero attached hydrogens (tertiary/aromatic N) is 3. The first-order chi connectivity index (χ1) is 9.54. The van der Waals surface area contributed by atoms with E-state index in [1.54, 1.807) is 11.3 Å². The predicted octanol–water partition coefficient (Wildman–Crippen LogP) is 4.80. The highest BCUT2D eigenvalue weighted by molar-refractivity contribution is 7.09. The third-order valence-electron chi connectivity index (χ3n) is 3.08. The molecule has 2 heterocycles. The van der Waals surface area contributed by atoms with Crippen molar-refractivity contribution in [3.63, 3.8) is 0 Å². The maximum Gasteiger partial charge on any atom is 0.128 e. The molecule has 0 amide bonds. The Bertz CT molecular complexity index is 761. The van der Waals surface area contributed by atoms with Gasteiger partial charge in [-0.15, -0.1) is 22.9 Å². The minimum Gasteiger partial charge on any atom is -0.321 e. The number of rotatable bonds is 3. The third kappa shape index (κ3) is 2.55. The fourth-order valence-corrected chi connectivity index (χ4v) is 3.17. The average Bonchev–Trinajstić information content (AvgIpc) is 2.94. The van der Waals surface area contributed by atoms with Crippen LogP contribution in [0.3, 0.4) is 0 Å². The second-order valence-corrected chi connectivity index (χ2v) is 6.82. The molecule has 0 saturated carbocycles. The molecule has 1 atom stereocenters. The second kappa shape index (κ2) is 5.35. The zero-order valence-electron chi connectivity index (χ0n) is 11.1. The van der Waals surface area contributed by atoms with Crippen LogP contribution in [0.1, 0.15) is 28.8 Å². The molecule has 0 N–H and O–H groups in total. The first-order valence-corrected chi connectivity index (χ1v) is 7.95. The van der Waals surface area contributed by atoms with Crippen LogP contribution in [0, 0.1) is 6.92 Å². The van der Waals surface area contributed by atoms with Gasteiger partial charge in [0.05, 0.1) is 33.7 Å². The third-order valence-corrected chi connectivity index (χ3v) is 4.33. The van der Waals surface area contributed by atoms with Crippen molar-refractivity contribution < 1.29 is 0 Å². The van der Waals surface area contributed by atoms with Gasteiger partial charge in [0.25, 0.3) is 0 Å². The molecule has 2 aromatic heterocycles. The highest BCUT2D eigenvalue weighted by Gasteiger charge is 2.16. The molecule has 0 fully saturated rings. The fourth-order valence-electron chi connectivity index (χ4n) is 2.23. The van der Waals surface area contributed by atoms with E-state index in [1.165, 1.54) is 0 Å². The van der Waals surface area contributed by atoms with E-state index in [9.17, 15) is 0 Å². The summed E-state index contributed by atoms with van der Waals surface area (Å²) < 4.78 is 2.11. The normalized spacial score (nSPS) is 13.0. The van der Waals surface area contributed by atoms with Crippen LogP contribution < -0.4 is 0 Å². The Balaban J connectivity index is 2.13. The Morgan fingerprint density at radius 2 is 2.15 bits per heavy atom. The van der Waals surface area contributed by atoms with Crippen LogP contribution in [0.2, 0.25) is 5.02 Å². The van der Waals surface area contributed by atoms with E-state index in [0.717, 1.165) is 27.6 Å². The fraction of sp³-hybridized carbons (Fsp3) is 0.286. The Hall–Kier alpha value is -1.10. The van der Waals surface area contributed by atoms with E-state index in [0.29, 0.717) is 11.6 Å². The van der Waals surface area contributed by atoms with Crippen molar-refractivity contribution in [2.75, 3.05) is 0 Å². The number of benzene rings is 1. The van der Waals surface area contributed by atoms with Gasteiger partial charge < -0.3 is 4.57 Å². The number of aromatic nitrogens is 3. The van der Waals surface area contributed by atoms with Gasteiger partial charge >= 0.3 is 0 Å². The minimum absolute atomic E-state index is 0.166. The molecule has 0 saturated heterocycles. The van der Waals surface area contributed by atoms with Gasteiger partial charge in [0.15, 0.2) is 0 Å². The molecule has 0 aliphatic heterocycles. The van der Waals surface area contributed by atoms with Crippen LogP contribution in [0.4, 0.5) is 0 Å². The topological polar surface area (TPSA) is 30.7 Å². The summed E-state index contributed by atoms with van der Waals surface area (Å²) in [5.41, 5.74) is 2.93. The van der Waals surface area contributed by atoms with E-state index < -0.39 is 0 Å². The van der Waals surface area contributed by atoms with Crippen LogP contribution in [0.25, 0.3) is 11.0 Å². The summed E-state index contributed by atoms with van der Waals surface area (Å²) in [6.07, 6.45) is 0. The monoisotopic (exact) mass is 325 g/mol. The molecule has 3 rings (SSSR count). The van der Waals surface area contributed by atoms with E-state index >= 15 is 0 Å². The number of hydrogen-bond acceptors (Lipinski definition) is 3. The Kier molecular flexibility index (Phi) is 3.71. The molecular weight excluding hydrogens is 313 g/mol. The summed E-state index contributed by atoms with van der Waals surface area (Å²) in [5, 5.41) is 3.65. The smallest absolute Gasteiger partial charge is 0.128 e. The molecule has 104 valence electrons. The zero-order valence-corrected chi connectivity index (χ0v) is 13.4. The van der Waals surface area contributed by atoms with Gasteiger partial charge in [0, 0.05) is 10.4 Å². The van der Waals surface area contributed by atoms with E-state index in [1.807, 2.05) is 32.0 Å². The molecule has 0 bridgehead atoms. The van der Waals surface area contributed by atoms with Gasteiger partial charge in [0.2, 0.25) is 0 Å². The van der Waals surface area contributed by atoms with Crippen molar-refractivity contribution in [2.24, 2.45) is 0 Å². The van der Waals surface area contributed by atoms with Crippen molar-refractivity contribution in [2.45, 2.75) is 25.8 Å². The molecule has 3 nitrogen and oxygen atoms in total. The van der Waals surface area contributed by atoms with Crippen LogP contribution in [-0.4, -0.2) is 14.5 Å². The number of thiazole rings is 1. The number of alkyl halides is 1. The first kappa shape index (κ1) is 13.9. The first-order valence-electron chi connectivity index (χ1n) is 6.25. The van der Waals surface area contributed by atoms with Gasteiger partial charge in [-0.25, -0.2) is 9.97 Å². The highest BCUT2D eigenvalue weighted by Crippen LogP contribution is 2.27. The number of fused-ring (bicyclic) bond motifs is 1. The van der Waals surface area contributed by atoms with Gasteiger partial charge in [-0.3, -0.25) is 0 Å². The number of imidazole rings is 1. The molecule has 6 heteroatoms. The van der Waals surface area contributed by atoms with Crippen LogP contribution in [-0.2, 0) is 6.54 Å². The van der Waals surface area contributed by atoms with Crippen molar-refractivity contribution in [1.29, 1.82) is 0 Å². The van der Waals surface area contributed by atoms with Crippen molar-refractivity contribution in [3.8, 4) is 0 Å².